The summed E-state index contributed by atoms with van der Waals surface area (Å²) in [5, 5.41) is 1.79. The van der Waals surface area contributed by atoms with Gasteiger partial charge in [0.05, 0.1) is 0 Å². The second-order valence-corrected chi connectivity index (χ2v) is 7.01. The van der Waals surface area contributed by atoms with Crippen LogP contribution in [0.15, 0.2) is 30.3 Å². The molecule has 1 aromatic rings. The molecule has 0 aromatic heterocycles. The molecular formula is C14H16FNO7Si. The van der Waals surface area contributed by atoms with Gasteiger partial charge in [-0.1, -0.05) is 18.2 Å². The van der Waals surface area contributed by atoms with Crippen molar-refractivity contribution < 1.29 is 36.8 Å². The van der Waals surface area contributed by atoms with Crippen molar-refractivity contribution in [3.63, 3.8) is 0 Å². The Bertz CT molecular complexity index is 621. The molecule has 8 nitrogen and oxygen atoms in total. The smallest absolute Gasteiger partial charge is 0.455 e. The van der Waals surface area contributed by atoms with Crippen molar-refractivity contribution in [2.24, 2.45) is 0 Å². The summed E-state index contributed by atoms with van der Waals surface area (Å²) < 4.78 is 27.9. The van der Waals surface area contributed by atoms with E-state index in [-0.39, 0.29) is 5.56 Å². The van der Waals surface area contributed by atoms with Gasteiger partial charge in [0.15, 0.2) is 0 Å². The average molecular weight is 357 g/mol. The first kappa shape index (κ1) is 19.3. The predicted octanol–water partition coefficient (Wildman–Crippen LogP) is 0.950. The first-order chi connectivity index (χ1) is 11.1. The molecule has 1 atom stereocenters. The third-order valence-electron chi connectivity index (χ3n) is 2.44. The molecule has 0 heterocycles. The second-order valence-electron chi connectivity index (χ2n) is 4.67. The topological polar surface area (TPSA) is 108 Å². The Hall–Kier alpha value is -2.75. The van der Waals surface area contributed by atoms with Gasteiger partial charge in [0.1, 0.15) is 0 Å². The first-order valence-corrected chi connectivity index (χ1v) is 8.97. The van der Waals surface area contributed by atoms with Crippen LogP contribution in [0.2, 0.25) is 6.55 Å². The molecule has 0 aliphatic carbocycles. The Morgan fingerprint density at radius 1 is 1.00 bits per heavy atom. The summed E-state index contributed by atoms with van der Waals surface area (Å²) in [6.07, 6.45) is -2.53. The molecule has 1 amide bonds. The van der Waals surface area contributed by atoms with E-state index in [9.17, 15) is 23.6 Å². The van der Waals surface area contributed by atoms with Crippen molar-refractivity contribution in [3.8, 4) is 0 Å². The third kappa shape index (κ3) is 6.16. The van der Waals surface area contributed by atoms with Crippen LogP contribution in [-0.4, -0.2) is 38.9 Å². The number of amides is 1. The molecule has 24 heavy (non-hydrogen) atoms. The number of benzene rings is 1. The van der Waals surface area contributed by atoms with Gasteiger partial charge in [-0.25, -0.2) is 9.18 Å². The Labute approximate surface area is 138 Å². The van der Waals surface area contributed by atoms with Crippen LogP contribution in [0.1, 0.15) is 24.2 Å². The van der Waals surface area contributed by atoms with Gasteiger partial charge in [0.25, 0.3) is 24.1 Å². The summed E-state index contributed by atoms with van der Waals surface area (Å²) in [7, 11) is -4.07. The molecule has 0 radical (unpaired) electrons. The molecule has 1 unspecified atom stereocenters. The molecule has 0 spiro atoms. The lowest BCUT2D eigenvalue weighted by Crippen LogP contribution is -2.50. The maximum absolute atomic E-state index is 13.9. The number of rotatable bonds is 6. The zero-order chi connectivity index (χ0) is 18.3. The van der Waals surface area contributed by atoms with Crippen LogP contribution in [0.4, 0.5) is 4.39 Å². The number of hydrogen-bond acceptors (Lipinski definition) is 7. The van der Waals surface area contributed by atoms with E-state index in [1.54, 1.807) is 23.5 Å². The predicted molar refractivity (Wildman–Crippen MR) is 80.0 cm³/mol. The Morgan fingerprint density at radius 3 is 1.96 bits per heavy atom. The van der Waals surface area contributed by atoms with Crippen LogP contribution in [0, 0.1) is 0 Å². The molecule has 10 heteroatoms. The maximum Gasteiger partial charge on any atom is 0.701 e. The van der Waals surface area contributed by atoms with Crippen molar-refractivity contribution >= 4 is 32.6 Å². The molecule has 130 valence electrons. The lowest BCUT2D eigenvalue weighted by atomic mass is 10.2. The molecule has 0 bridgehead atoms. The Kier molecular flexibility index (Phi) is 6.59. The molecule has 0 aliphatic rings. The minimum absolute atomic E-state index is 0.132. The summed E-state index contributed by atoms with van der Waals surface area (Å²) in [6.45, 7) is 3.08. The number of carbonyl (C=O) groups is 4. The second kappa shape index (κ2) is 8.20. The SMILES string of the molecule is CC(=O)O[Si](C)(OC(C)=O)OC(=O)C(F)NC(=O)c1ccccc1. The van der Waals surface area contributed by atoms with Gasteiger partial charge < -0.3 is 18.6 Å². The summed E-state index contributed by atoms with van der Waals surface area (Å²) in [4.78, 5) is 45.5. The molecule has 1 N–H and O–H groups in total. The van der Waals surface area contributed by atoms with Crippen molar-refractivity contribution in [2.75, 3.05) is 0 Å². The Morgan fingerprint density at radius 2 is 1.50 bits per heavy atom. The highest BCUT2D eigenvalue weighted by Gasteiger charge is 2.48. The summed E-state index contributed by atoms with van der Waals surface area (Å²) in [5.41, 5.74) is 0.132. The van der Waals surface area contributed by atoms with E-state index in [4.69, 9.17) is 8.85 Å². The van der Waals surface area contributed by atoms with Gasteiger partial charge in [0.2, 0.25) is 0 Å². The van der Waals surface area contributed by atoms with Crippen LogP contribution < -0.4 is 5.32 Å². The summed E-state index contributed by atoms with van der Waals surface area (Å²) in [6, 6.07) is 7.62. The van der Waals surface area contributed by atoms with E-state index >= 15 is 0 Å². The fourth-order valence-electron chi connectivity index (χ4n) is 1.67. The van der Waals surface area contributed by atoms with E-state index in [0.717, 1.165) is 20.4 Å². The summed E-state index contributed by atoms with van der Waals surface area (Å²) in [5.74, 6) is -4.14. The molecule has 0 saturated carbocycles. The van der Waals surface area contributed by atoms with Gasteiger partial charge in [-0.2, -0.15) is 0 Å². The van der Waals surface area contributed by atoms with Crippen LogP contribution in [0.3, 0.4) is 0 Å². The molecule has 1 rings (SSSR count). The minimum atomic E-state index is -4.07. The number of hydrogen-bond donors (Lipinski definition) is 1. The average Bonchev–Trinajstić information content (AvgIpc) is 2.45. The van der Waals surface area contributed by atoms with Crippen molar-refractivity contribution in [3.05, 3.63) is 35.9 Å². The van der Waals surface area contributed by atoms with E-state index in [0.29, 0.717) is 0 Å². The van der Waals surface area contributed by atoms with Gasteiger partial charge in [-0.15, -0.1) is 0 Å². The van der Waals surface area contributed by atoms with Crippen LogP contribution in [0.5, 0.6) is 0 Å². The highest BCUT2D eigenvalue weighted by atomic mass is 28.4. The quantitative estimate of drug-likeness (QED) is 0.596. The summed E-state index contributed by atoms with van der Waals surface area (Å²) >= 11 is 0. The molecular weight excluding hydrogens is 341 g/mol. The zero-order valence-electron chi connectivity index (χ0n) is 13.2. The lowest BCUT2D eigenvalue weighted by molar-refractivity contribution is -0.152. The normalized spacial score (nSPS) is 11.8. The lowest BCUT2D eigenvalue weighted by Gasteiger charge is -2.24. The number of halogens is 1. The molecule has 0 saturated heterocycles. The van der Waals surface area contributed by atoms with Crippen molar-refractivity contribution in [1.82, 2.24) is 5.32 Å². The standard InChI is InChI=1S/C14H16FNO7Si/c1-9(17)21-24(3,22-10(2)18)23-14(20)12(15)16-13(19)11-7-5-4-6-8-11/h4-8,12H,1-3H3,(H,16,19). The molecule has 0 fully saturated rings. The molecule has 0 aliphatic heterocycles. The van der Waals surface area contributed by atoms with Crippen LogP contribution >= 0.6 is 0 Å². The monoisotopic (exact) mass is 357 g/mol. The number of nitrogens with one attached hydrogen (secondary N) is 1. The first-order valence-electron chi connectivity index (χ1n) is 6.75. The number of alkyl halides is 1. The van der Waals surface area contributed by atoms with Crippen LogP contribution in [0.25, 0.3) is 0 Å². The van der Waals surface area contributed by atoms with Gasteiger partial charge >= 0.3 is 14.8 Å². The van der Waals surface area contributed by atoms with Crippen molar-refractivity contribution in [2.45, 2.75) is 26.7 Å². The largest absolute Gasteiger partial charge is 0.701 e. The third-order valence-corrected chi connectivity index (χ3v) is 4.33. The van der Waals surface area contributed by atoms with Crippen molar-refractivity contribution in [1.29, 1.82) is 0 Å². The van der Waals surface area contributed by atoms with Crippen LogP contribution in [-0.2, 0) is 27.7 Å². The number of carbonyl (C=O) groups excluding carboxylic acids is 4. The van der Waals surface area contributed by atoms with Gasteiger partial charge in [-0.05, 0) is 12.1 Å². The molecule has 1 aromatic carbocycles. The highest BCUT2D eigenvalue weighted by molar-refractivity contribution is 6.64. The van der Waals surface area contributed by atoms with E-state index < -0.39 is 38.9 Å². The zero-order valence-corrected chi connectivity index (χ0v) is 14.2. The van der Waals surface area contributed by atoms with Gasteiger partial charge in [-0.3, -0.25) is 14.4 Å². The van der Waals surface area contributed by atoms with E-state index in [2.05, 4.69) is 4.43 Å². The highest BCUT2D eigenvalue weighted by Crippen LogP contribution is 2.12. The Balaban J connectivity index is 2.74. The van der Waals surface area contributed by atoms with E-state index in [1.165, 1.54) is 12.1 Å². The minimum Gasteiger partial charge on any atom is -0.455 e. The fraction of sp³-hybridized carbons (Fsp3) is 0.286. The van der Waals surface area contributed by atoms with Gasteiger partial charge in [0, 0.05) is 26.0 Å². The fourth-order valence-corrected chi connectivity index (χ4v) is 3.30. The maximum atomic E-state index is 13.9. The van der Waals surface area contributed by atoms with E-state index in [1.807, 2.05) is 0 Å².